The van der Waals surface area contributed by atoms with Crippen LogP contribution in [0.25, 0.3) is 11.1 Å². The fourth-order valence-electron chi connectivity index (χ4n) is 1.61. The topological polar surface area (TPSA) is 56.0 Å². The summed E-state index contributed by atoms with van der Waals surface area (Å²) in [6.07, 6.45) is 1.51. The van der Waals surface area contributed by atoms with Gasteiger partial charge in [-0.1, -0.05) is 12.1 Å². The Morgan fingerprint density at radius 2 is 2.00 bits per heavy atom. The van der Waals surface area contributed by atoms with E-state index >= 15 is 0 Å². The van der Waals surface area contributed by atoms with Gasteiger partial charge in [0.25, 0.3) is 5.91 Å². The minimum atomic E-state index is -0.577. The minimum Gasteiger partial charge on any atom is -0.364 e. The van der Waals surface area contributed by atoms with Crippen LogP contribution < -0.4 is 5.73 Å². The average molecular weight is 230 g/mol. The molecular formula is C13H11FN2O. The molecule has 2 aromatic rings. The number of rotatable bonds is 2. The standard InChI is InChI=1S/C13H11FN2O/c1-8-4-10(6-11(14)5-8)9-2-3-12(13(15)17)16-7-9/h2-7H,1H3,(H2,15,17). The molecule has 0 radical (unpaired) electrons. The molecule has 1 heterocycles. The van der Waals surface area contributed by atoms with Gasteiger partial charge in [-0.05, 0) is 36.2 Å². The van der Waals surface area contributed by atoms with Crippen LogP contribution in [0.1, 0.15) is 16.1 Å². The lowest BCUT2D eigenvalue weighted by Crippen LogP contribution is -2.12. The fraction of sp³-hybridized carbons (Fsp3) is 0.0769. The maximum absolute atomic E-state index is 13.2. The summed E-state index contributed by atoms with van der Waals surface area (Å²) in [5.41, 5.74) is 7.59. The molecule has 0 bridgehead atoms. The first-order valence-electron chi connectivity index (χ1n) is 5.09. The van der Waals surface area contributed by atoms with Crippen molar-refractivity contribution in [3.05, 3.63) is 53.6 Å². The van der Waals surface area contributed by atoms with Crippen molar-refractivity contribution in [2.45, 2.75) is 6.92 Å². The van der Waals surface area contributed by atoms with E-state index in [9.17, 15) is 9.18 Å². The highest BCUT2D eigenvalue weighted by Crippen LogP contribution is 2.21. The van der Waals surface area contributed by atoms with E-state index in [1.807, 2.05) is 13.0 Å². The number of aryl methyl sites for hydroxylation is 1. The summed E-state index contributed by atoms with van der Waals surface area (Å²) in [6.45, 7) is 1.82. The number of hydrogen-bond acceptors (Lipinski definition) is 2. The lowest BCUT2D eigenvalue weighted by molar-refractivity contribution is 0.0995. The van der Waals surface area contributed by atoms with Crippen molar-refractivity contribution in [1.82, 2.24) is 4.98 Å². The Balaban J connectivity index is 2.43. The summed E-state index contributed by atoms with van der Waals surface area (Å²) in [5, 5.41) is 0. The van der Waals surface area contributed by atoms with Crippen LogP contribution in [0.5, 0.6) is 0 Å². The number of hydrogen-bond donors (Lipinski definition) is 1. The van der Waals surface area contributed by atoms with Gasteiger partial charge in [0.1, 0.15) is 11.5 Å². The Bertz CT molecular complexity index is 544. The second-order valence-electron chi connectivity index (χ2n) is 3.81. The number of primary amides is 1. The number of benzene rings is 1. The van der Waals surface area contributed by atoms with Crippen molar-refractivity contribution in [1.29, 1.82) is 0 Å². The summed E-state index contributed by atoms with van der Waals surface area (Å²) in [5.74, 6) is -0.869. The van der Waals surface area contributed by atoms with Crippen molar-refractivity contribution >= 4 is 5.91 Å². The minimum absolute atomic E-state index is 0.196. The van der Waals surface area contributed by atoms with Crippen LogP contribution in [0.2, 0.25) is 0 Å². The number of amides is 1. The number of nitrogens with zero attached hydrogens (tertiary/aromatic N) is 1. The van der Waals surface area contributed by atoms with Crippen molar-refractivity contribution in [2.24, 2.45) is 5.73 Å². The zero-order valence-electron chi connectivity index (χ0n) is 9.27. The summed E-state index contributed by atoms with van der Waals surface area (Å²) in [7, 11) is 0. The summed E-state index contributed by atoms with van der Waals surface area (Å²) in [6, 6.07) is 7.95. The molecule has 0 fully saturated rings. The molecule has 1 aromatic carbocycles. The van der Waals surface area contributed by atoms with E-state index in [1.165, 1.54) is 24.4 Å². The molecule has 0 spiro atoms. The maximum Gasteiger partial charge on any atom is 0.267 e. The Labute approximate surface area is 98.1 Å². The number of pyridine rings is 1. The largest absolute Gasteiger partial charge is 0.364 e. The lowest BCUT2D eigenvalue weighted by Gasteiger charge is -2.04. The van der Waals surface area contributed by atoms with Crippen LogP contribution in [0.15, 0.2) is 36.5 Å². The summed E-state index contributed by atoms with van der Waals surface area (Å²) < 4.78 is 13.2. The van der Waals surface area contributed by atoms with Crippen LogP contribution in [0.3, 0.4) is 0 Å². The van der Waals surface area contributed by atoms with Gasteiger partial charge in [0, 0.05) is 11.8 Å². The van der Waals surface area contributed by atoms with Gasteiger partial charge in [0.2, 0.25) is 0 Å². The monoisotopic (exact) mass is 230 g/mol. The third-order valence-electron chi connectivity index (χ3n) is 2.39. The highest BCUT2D eigenvalue weighted by molar-refractivity contribution is 5.91. The number of halogens is 1. The van der Waals surface area contributed by atoms with E-state index < -0.39 is 5.91 Å². The van der Waals surface area contributed by atoms with E-state index in [-0.39, 0.29) is 11.5 Å². The van der Waals surface area contributed by atoms with Crippen LogP contribution in [0.4, 0.5) is 4.39 Å². The molecule has 0 atom stereocenters. The predicted octanol–water partition coefficient (Wildman–Crippen LogP) is 2.30. The molecule has 17 heavy (non-hydrogen) atoms. The van der Waals surface area contributed by atoms with Gasteiger partial charge in [0.15, 0.2) is 0 Å². The molecule has 1 aromatic heterocycles. The molecule has 86 valence electrons. The van der Waals surface area contributed by atoms with Crippen molar-refractivity contribution in [3.8, 4) is 11.1 Å². The van der Waals surface area contributed by atoms with Crippen LogP contribution >= 0.6 is 0 Å². The van der Waals surface area contributed by atoms with Gasteiger partial charge in [-0.2, -0.15) is 0 Å². The Morgan fingerprint density at radius 1 is 1.24 bits per heavy atom. The number of carbonyl (C=O) groups is 1. The first-order chi connectivity index (χ1) is 8.06. The molecule has 0 saturated carbocycles. The molecule has 2 rings (SSSR count). The molecule has 2 N–H and O–H groups in total. The molecule has 0 saturated heterocycles. The van der Waals surface area contributed by atoms with Gasteiger partial charge in [-0.25, -0.2) is 4.39 Å². The lowest BCUT2D eigenvalue weighted by atomic mass is 10.0. The average Bonchev–Trinajstić information content (AvgIpc) is 2.28. The van der Waals surface area contributed by atoms with Crippen LogP contribution in [-0.4, -0.2) is 10.9 Å². The molecule has 0 aliphatic rings. The Kier molecular flexibility index (Phi) is 2.87. The number of nitrogens with two attached hydrogens (primary N) is 1. The second kappa shape index (κ2) is 4.33. The molecular weight excluding hydrogens is 219 g/mol. The molecule has 0 unspecified atom stereocenters. The SMILES string of the molecule is Cc1cc(F)cc(-c2ccc(C(N)=O)nc2)c1. The van der Waals surface area contributed by atoms with Crippen molar-refractivity contribution in [3.63, 3.8) is 0 Å². The van der Waals surface area contributed by atoms with Crippen molar-refractivity contribution < 1.29 is 9.18 Å². The normalized spacial score (nSPS) is 10.2. The second-order valence-corrected chi connectivity index (χ2v) is 3.81. The molecule has 0 aliphatic heterocycles. The predicted molar refractivity (Wildman–Crippen MR) is 62.9 cm³/mol. The molecule has 3 nitrogen and oxygen atoms in total. The van der Waals surface area contributed by atoms with Crippen LogP contribution in [-0.2, 0) is 0 Å². The van der Waals surface area contributed by atoms with Crippen molar-refractivity contribution in [2.75, 3.05) is 0 Å². The molecule has 4 heteroatoms. The highest BCUT2D eigenvalue weighted by Gasteiger charge is 2.04. The van der Waals surface area contributed by atoms with E-state index in [2.05, 4.69) is 4.98 Å². The fourth-order valence-corrected chi connectivity index (χ4v) is 1.61. The van der Waals surface area contributed by atoms with Gasteiger partial charge >= 0.3 is 0 Å². The molecule has 1 amide bonds. The van der Waals surface area contributed by atoms with E-state index in [0.29, 0.717) is 0 Å². The smallest absolute Gasteiger partial charge is 0.267 e. The number of carbonyl (C=O) groups excluding carboxylic acids is 1. The molecule has 0 aliphatic carbocycles. The third kappa shape index (κ3) is 2.47. The van der Waals surface area contributed by atoms with Crippen LogP contribution in [0, 0.1) is 12.7 Å². The zero-order chi connectivity index (χ0) is 12.4. The third-order valence-corrected chi connectivity index (χ3v) is 2.39. The van der Waals surface area contributed by atoms with Gasteiger partial charge in [0.05, 0.1) is 0 Å². The first kappa shape index (κ1) is 11.3. The first-order valence-corrected chi connectivity index (χ1v) is 5.09. The van der Waals surface area contributed by atoms with E-state index in [0.717, 1.165) is 16.7 Å². The number of aromatic nitrogens is 1. The van der Waals surface area contributed by atoms with E-state index in [1.54, 1.807) is 6.07 Å². The Morgan fingerprint density at radius 3 is 2.53 bits per heavy atom. The quantitative estimate of drug-likeness (QED) is 0.860. The Hall–Kier alpha value is -2.23. The van der Waals surface area contributed by atoms with Gasteiger partial charge in [-0.15, -0.1) is 0 Å². The summed E-state index contributed by atoms with van der Waals surface area (Å²) >= 11 is 0. The highest BCUT2D eigenvalue weighted by atomic mass is 19.1. The van der Waals surface area contributed by atoms with E-state index in [4.69, 9.17) is 5.73 Å². The maximum atomic E-state index is 13.2. The zero-order valence-corrected chi connectivity index (χ0v) is 9.27. The van der Waals surface area contributed by atoms with Gasteiger partial charge < -0.3 is 5.73 Å². The summed E-state index contributed by atoms with van der Waals surface area (Å²) in [4.78, 5) is 14.8. The van der Waals surface area contributed by atoms with Gasteiger partial charge in [-0.3, -0.25) is 9.78 Å².